The molecule has 0 aromatic heterocycles. The number of hydrogen-bond acceptors (Lipinski definition) is 0. The van der Waals surface area contributed by atoms with Gasteiger partial charge in [0, 0.05) is 17.1 Å². The van der Waals surface area contributed by atoms with Crippen LogP contribution in [0, 0.1) is 0 Å². The van der Waals surface area contributed by atoms with E-state index in [2.05, 4.69) is 136 Å². The van der Waals surface area contributed by atoms with Crippen molar-refractivity contribution in [1.82, 2.24) is 0 Å². The second-order valence-electron chi connectivity index (χ2n) is 13.3. The first-order valence-electron chi connectivity index (χ1n) is 14.6. The average Bonchev–Trinajstić information content (AvgIpc) is 3.62. The normalized spacial score (nSPS) is 12.0. The van der Waals surface area contributed by atoms with Crippen LogP contribution >= 0.6 is 9.24 Å². The van der Waals surface area contributed by atoms with Crippen molar-refractivity contribution in [2.45, 2.75) is 52.4 Å². The Hall–Kier alpha value is -3.21. The van der Waals surface area contributed by atoms with Gasteiger partial charge >= 0.3 is 0 Å². The van der Waals surface area contributed by atoms with Crippen molar-refractivity contribution in [3.05, 3.63) is 126 Å². The fourth-order valence-corrected chi connectivity index (χ4v) is 7.48. The third-order valence-electron chi connectivity index (χ3n) is 8.23. The van der Waals surface area contributed by atoms with Crippen LogP contribution in [-0.4, -0.2) is 0 Å². The Bertz CT molecular complexity index is 1990. The molecule has 0 radical (unpaired) electrons. The van der Waals surface area contributed by atoms with Gasteiger partial charge in [-0.1, -0.05) is 119 Å². The average molecular weight is 607 g/mol. The Balaban J connectivity index is 0.000000534. The van der Waals surface area contributed by atoms with E-state index in [9.17, 15) is 0 Å². The zero-order chi connectivity index (χ0) is 28.9. The van der Waals surface area contributed by atoms with E-state index in [-0.39, 0.29) is 27.9 Å². The molecule has 0 saturated carbocycles. The summed E-state index contributed by atoms with van der Waals surface area (Å²) in [6, 6.07) is 41.9. The van der Waals surface area contributed by atoms with Gasteiger partial charge in [0.1, 0.15) is 0 Å². The topological polar surface area (TPSA) is 0 Å². The molecular formula is C40H39FeP-6. The predicted octanol–water partition coefficient (Wildman–Crippen LogP) is 11.2. The molecule has 7 aromatic carbocycles. The summed E-state index contributed by atoms with van der Waals surface area (Å²) in [5.74, 6) is 0. The van der Waals surface area contributed by atoms with Crippen LogP contribution in [-0.2, 0) is 27.9 Å². The minimum absolute atomic E-state index is 0. The standard InChI is InChI=1S/C35H34P.C5H5.Fe/c1-34(2,3)30-20-29(32(33(30)36)35(4,5)6)31-25-14-10-9-13-23(25)19-28-26(31)16-15-24-17-21-11-7-8-12-22(21)18-27(24)28;1-2-4-5-3-1;/h7-20H,36H2,1-6H3;1-5H;/q-1;-5;. The van der Waals surface area contributed by atoms with Crippen molar-refractivity contribution in [3.63, 3.8) is 0 Å². The molecular weight excluding hydrogens is 567 g/mol. The van der Waals surface area contributed by atoms with Gasteiger partial charge in [0.15, 0.2) is 0 Å². The van der Waals surface area contributed by atoms with Crippen molar-refractivity contribution in [2.24, 2.45) is 0 Å². The molecule has 0 aliphatic carbocycles. The van der Waals surface area contributed by atoms with E-state index in [0.29, 0.717) is 0 Å². The summed E-state index contributed by atoms with van der Waals surface area (Å²) in [6.07, 6.45) is 0. The molecule has 0 fully saturated rings. The van der Waals surface area contributed by atoms with E-state index in [0.717, 1.165) is 0 Å². The van der Waals surface area contributed by atoms with Crippen LogP contribution in [0.1, 0.15) is 52.7 Å². The maximum absolute atomic E-state index is 3.10. The molecule has 0 aliphatic rings. The van der Waals surface area contributed by atoms with Gasteiger partial charge in [0.2, 0.25) is 0 Å². The minimum atomic E-state index is 0. The van der Waals surface area contributed by atoms with E-state index in [1.165, 1.54) is 70.6 Å². The predicted molar refractivity (Wildman–Crippen MR) is 186 cm³/mol. The zero-order valence-corrected chi connectivity index (χ0v) is 27.7. The summed E-state index contributed by atoms with van der Waals surface area (Å²) < 4.78 is 0. The van der Waals surface area contributed by atoms with E-state index in [4.69, 9.17) is 0 Å². The summed E-state index contributed by atoms with van der Waals surface area (Å²) >= 11 is 0. The molecule has 0 nitrogen and oxygen atoms in total. The molecule has 0 N–H and O–H groups in total. The molecule has 218 valence electrons. The van der Waals surface area contributed by atoms with Crippen molar-refractivity contribution in [3.8, 4) is 11.1 Å². The van der Waals surface area contributed by atoms with Gasteiger partial charge in [-0.15, -0.1) is 20.1 Å². The maximum Gasteiger partial charge on any atom is 0 e. The molecule has 0 spiro atoms. The van der Waals surface area contributed by atoms with Crippen molar-refractivity contribution >= 4 is 57.6 Å². The third kappa shape index (κ3) is 5.47. The second kappa shape index (κ2) is 11.5. The van der Waals surface area contributed by atoms with Crippen LogP contribution in [0.3, 0.4) is 0 Å². The van der Waals surface area contributed by atoms with Crippen LogP contribution in [0.4, 0.5) is 0 Å². The Morgan fingerprint density at radius 2 is 1.10 bits per heavy atom. The molecule has 0 saturated heterocycles. The van der Waals surface area contributed by atoms with Gasteiger partial charge in [-0.05, 0) is 61.3 Å². The molecule has 7 rings (SSSR count). The first kappa shape index (κ1) is 30.3. The third-order valence-corrected chi connectivity index (χ3v) is 8.83. The quantitative estimate of drug-likeness (QED) is 0.0574. The fourth-order valence-electron chi connectivity index (χ4n) is 6.37. The van der Waals surface area contributed by atoms with Gasteiger partial charge in [-0.2, -0.15) is 17.2 Å². The molecule has 0 aliphatic heterocycles. The van der Waals surface area contributed by atoms with Gasteiger partial charge in [-0.25, -0.2) is 0 Å². The van der Waals surface area contributed by atoms with E-state index >= 15 is 0 Å². The van der Waals surface area contributed by atoms with E-state index in [1.807, 2.05) is 30.3 Å². The summed E-state index contributed by atoms with van der Waals surface area (Å²) in [5, 5.41) is 11.8. The van der Waals surface area contributed by atoms with Crippen LogP contribution in [0.5, 0.6) is 0 Å². The van der Waals surface area contributed by atoms with Gasteiger partial charge in [0.25, 0.3) is 0 Å². The maximum atomic E-state index is 3.10. The number of fused-ring (bicyclic) bond motifs is 5. The van der Waals surface area contributed by atoms with Crippen molar-refractivity contribution < 1.29 is 17.1 Å². The Kier molecular flexibility index (Phi) is 8.26. The zero-order valence-electron chi connectivity index (χ0n) is 25.4. The second-order valence-corrected chi connectivity index (χ2v) is 13.9. The first-order chi connectivity index (χ1) is 19.5. The summed E-state index contributed by atoms with van der Waals surface area (Å²) in [4.78, 5) is 0. The van der Waals surface area contributed by atoms with Gasteiger partial charge < -0.3 is 30.3 Å². The Morgan fingerprint density at radius 3 is 1.69 bits per heavy atom. The molecule has 0 bridgehead atoms. The Morgan fingerprint density at radius 1 is 0.571 bits per heavy atom. The first-order valence-corrected chi connectivity index (χ1v) is 15.2. The number of hydrogen-bond donors (Lipinski definition) is 0. The Labute approximate surface area is 263 Å². The van der Waals surface area contributed by atoms with Gasteiger partial charge in [-0.3, -0.25) is 0 Å². The number of benzene rings is 5. The molecule has 42 heavy (non-hydrogen) atoms. The number of rotatable bonds is 1. The summed E-state index contributed by atoms with van der Waals surface area (Å²) in [6.45, 7) is 14.0. The van der Waals surface area contributed by atoms with E-state index < -0.39 is 0 Å². The largest absolute Gasteiger partial charge is 0.748 e. The molecule has 1 atom stereocenters. The molecule has 7 aromatic rings. The van der Waals surface area contributed by atoms with Crippen molar-refractivity contribution in [2.75, 3.05) is 0 Å². The molecule has 1 unspecified atom stereocenters. The molecule has 0 amide bonds. The van der Waals surface area contributed by atoms with Crippen LogP contribution < -0.4 is 5.30 Å². The van der Waals surface area contributed by atoms with Crippen LogP contribution in [0.25, 0.3) is 54.2 Å². The van der Waals surface area contributed by atoms with E-state index in [1.54, 1.807) is 0 Å². The summed E-state index contributed by atoms with van der Waals surface area (Å²) in [5.41, 5.74) is 5.68. The summed E-state index contributed by atoms with van der Waals surface area (Å²) in [7, 11) is 3.10. The van der Waals surface area contributed by atoms with Crippen LogP contribution in [0.2, 0.25) is 0 Å². The smallest absolute Gasteiger partial charge is 0 e. The van der Waals surface area contributed by atoms with Gasteiger partial charge in [0.05, 0.1) is 0 Å². The SMILES string of the molecule is CC(C)(C)c1c(-c2c3ccccc3cc3c2ccc2cc4ccccc4cc23)c[c-](C(C)(C)C)c1P.[Fe].[cH-]1[cH-][cH-][cH-][cH-]1. The molecule has 0 heterocycles. The fraction of sp³-hybridized carbons (Fsp3) is 0.200. The molecule has 2 heteroatoms. The minimum Gasteiger partial charge on any atom is -0.748 e. The monoisotopic (exact) mass is 606 g/mol. The van der Waals surface area contributed by atoms with Crippen molar-refractivity contribution in [1.29, 1.82) is 0 Å². The van der Waals surface area contributed by atoms with Crippen LogP contribution in [0.15, 0.2) is 115 Å².